The summed E-state index contributed by atoms with van der Waals surface area (Å²) < 4.78 is 16.7. The minimum atomic E-state index is -0.0946. The third-order valence-electron chi connectivity index (χ3n) is 5.99. The Labute approximate surface area is 174 Å². The van der Waals surface area contributed by atoms with Crippen LogP contribution in [0.25, 0.3) is 6.08 Å². The van der Waals surface area contributed by atoms with Gasteiger partial charge >= 0.3 is 0 Å². The Hall–Kier alpha value is -2.05. The SMILES string of the molecule is C/C=C/c1ccc(OCC(=O)NCC2(N3CCOCC3)CCCCC2)c(OC)c1. The van der Waals surface area contributed by atoms with Gasteiger partial charge in [0.1, 0.15) is 0 Å². The van der Waals surface area contributed by atoms with E-state index in [1.165, 1.54) is 19.3 Å². The Bertz CT molecular complexity index is 692. The Morgan fingerprint density at radius 1 is 1.21 bits per heavy atom. The number of allylic oxidation sites excluding steroid dienone is 1. The first-order chi connectivity index (χ1) is 14.2. The summed E-state index contributed by atoms with van der Waals surface area (Å²) in [7, 11) is 1.61. The molecule has 0 aromatic heterocycles. The minimum Gasteiger partial charge on any atom is -0.493 e. The number of nitrogens with one attached hydrogen (secondary N) is 1. The predicted molar refractivity (Wildman–Crippen MR) is 114 cm³/mol. The van der Waals surface area contributed by atoms with Gasteiger partial charge < -0.3 is 19.5 Å². The van der Waals surface area contributed by atoms with E-state index >= 15 is 0 Å². The van der Waals surface area contributed by atoms with Crippen LogP contribution in [-0.4, -0.2) is 62.9 Å². The number of rotatable bonds is 8. The Balaban J connectivity index is 1.55. The Kier molecular flexibility index (Phi) is 7.95. The molecule has 1 aromatic carbocycles. The van der Waals surface area contributed by atoms with Gasteiger partial charge in [-0.3, -0.25) is 9.69 Å². The van der Waals surface area contributed by atoms with E-state index in [0.29, 0.717) is 18.0 Å². The van der Waals surface area contributed by atoms with Crippen LogP contribution in [-0.2, 0) is 9.53 Å². The first-order valence-corrected chi connectivity index (χ1v) is 10.7. The van der Waals surface area contributed by atoms with Gasteiger partial charge in [0.2, 0.25) is 0 Å². The second-order valence-electron chi connectivity index (χ2n) is 7.86. The van der Waals surface area contributed by atoms with Crippen molar-refractivity contribution in [1.29, 1.82) is 0 Å². The fourth-order valence-electron chi connectivity index (χ4n) is 4.41. The first kappa shape index (κ1) is 21.7. The number of benzene rings is 1. The van der Waals surface area contributed by atoms with Crippen molar-refractivity contribution in [2.75, 3.05) is 46.6 Å². The summed E-state index contributed by atoms with van der Waals surface area (Å²) in [4.78, 5) is 15.0. The highest BCUT2D eigenvalue weighted by atomic mass is 16.5. The molecule has 160 valence electrons. The lowest BCUT2D eigenvalue weighted by atomic mass is 9.79. The fourth-order valence-corrected chi connectivity index (χ4v) is 4.41. The average Bonchev–Trinajstić information content (AvgIpc) is 2.78. The number of methoxy groups -OCH3 is 1. The predicted octanol–water partition coefficient (Wildman–Crippen LogP) is 3.26. The maximum absolute atomic E-state index is 12.5. The number of carbonyl (C=O) groups is 1. The van der Waals surface area contributed by atoms with E-state index in [1.807, 2.05) is 37.3 Å². The third-order valence-corrected chi connectivity index (χ3v) is 5.99. The molecule has 1 N–H and O–H groups in total. The average molecular weight is 403 g/mol. The molecule has 1 aliphatic carbocycles. The molecule has 0 unspecified atom stereocenters. The fraction of sp³-hybridized carbons (Fsp3) is 0.609. The van der Waals surface area contributed by atoms with E-state index in [1.54, 1.807) is 7.11 Å². The van der Waals surface area contributed by atoms with Gasteiger partial charge in [0.25, 0.3) is 5.91 Å². The number of hydrogen-bond donors (Lipinski definition) is 1. The molecule has 6 heteroatoms. The van der Waals surface area contributed by atoms with Crippen LogP contribution < -0.4 is 14.8 Å². The van der Waals surface area contributed by atoms with Crippen molar-refractivity contribution in [3.63, 3.8) is 0 Å². The molecule has 1 aliphatic heterocycles. The lowest BCUT2D eigenvalue weighted by Crippen LogP contribution is -2.60. The van der Waals surface area contributed by atoms with Crippen molar-refractivity contribution in [3.05, 3.63) is 29.8 Å². The molecule has 2 fully saturated rings. The van der Waals surface area contributed by atoms with Crippen LogP contribution in [0.5, 0.6) is 11.5 Å². The Morgan fingerprint density at radius 3 is 2.66 bits per heavy atom. The lowest BCUT2D eigenvalue weighted by molar-refractivity contribution is -0.124. The molecule has 6 nitrogen and oxygen atoms in total. The van der Waals surface area contributed by atoms with Crippen LogP contribution in [0.2, 0.25) is 0 Å². The highest BCUT2D eigenvalue weighted by Gasteiger charge is 2.38. The number of nitrogens with zero attached hydrogens (tertiary/aromatic N) is 1. The third kappa shape index (κ3) is 5.73. The van der Waals surface area contributed by atoms with Crippen molar-refractivity contribution < 1.29 is 19.0 Å². The monoisotopic (exact) mass is 402 g/mol. The molecule has 1 heterocycles. The summed E-state index contributed by atoms with van der Waals surface area (Å²) >= 11 is 0. The summed E-state index contributed by atoms with van der Waals surface area (Å²) in [5.41, 5.74) is 1.09. The highest BCUT2D eigenvalue weighted by Crippen LogP contribution is 2.34. The zero-order valence-electron chi connectivity index (χ0n) is 17.7. The summed E-state index contributed by atoms with van der Waals surface area (Å²) in [5, 5.41) is 3.13. The molecule has 0 radical (unpaired) electrons. The molecule has 29 heavy (non-hydrogen) atoms. The standard InChI is InChI=1S/C23H34N2O4/c1-3-7-19-8-9-20(21(16-19)27-2)29-17-22(26)24-18-23(10-5-4-6-11-23)25-12-14-28-15-13-25/h3,7-9,16H,4-6,10-15,17-18H2,1-2H3,(H,24,26)/b7-3+. The van der Waals surface area contributed by atoms with Gasteiger partial charge in [-0.25, -0.2) is 0 Å². The molecule has 1 aromatic rings. The van der Waals surface area contributed by atoms with Crippen LogP contribution in [0.3, 0.4) is 0 Å². The second kappa shape index (κ2) is 10.6. The number of amides is 1. The number of morpholine rings is 1. The van der Waals surface area contributed by atoms with E-state index < -0.39 is 0 Å². The van der Waals surface area contributed by atoms with Gasteiger partial charge in [-0.05, 0) is 37.5 Å². The topological polar surface area (TPSA) is 60.0 Å². The van der Waals surface area contributed by atoms with Crippen molar-refractivity contribution >= 4 is 12.0 Å². The smallest absolute Gasteiger partial charge is 0.258 e. The molecule has 1 amide bonds. The zero-order valence-corrected chi connectivity index (χ0v) is 17.7. The van der Waals surface area contributed by atoms with Gasteiger partial charge in [0.15, 0.2) is 18.1 Å². The Morgan fingerprint density at radius 2 is 1.97 bits per heavy atom. The normalized spacial score (nSPS) is 19.8. The summed E-state index contributed by atoms with van der Waals surface area (Å²) in [6, 6.07) is 5.70. The molecule has 0 spiro atoms. The largest absolute Gasteiger partial charge is 0.493 e. The van der Waals surface area contributed by atoms with Gasteiger partial charge in [0.05, 0.1) is 20.3 Å². The van der Waals surface area contributed by atoms with Crippen molar-refractivity contribution in [3.8, 4) is 11.5 Å². The zero-order chi connectivity index (χ0) is 20.5. The maximum Gasteiger partial charge on any atom is 0.258 e. The van der Waals surface area contributed by atoms with Crippen LogP contribution in [0.15, 0.2) is 24.3 Å². The van der Waals surface area contributed by atoms with Crippen molar-refractivity contribution in [2.45, 2.75) is 44.6 Å². The van der Waals surface area contributed by atoms with Gasteiger partial charge in [-0.15, -0.1) is 0 Å². The van der Waals surface area contributed by atoms with E-state index in [-0.39, 0.29) is 18.1 Å². The van der Waals surface area contributed by atoms with Crippen LogP contribution in [0.1, 0.15) is 44.6 Å². The van der Waals surface area contributed by atoms with Gasteiger partial charge in [-0.1, -0.05) is 37.5 Å². The molecule has 1 saturated heterocycles. The van der Waals surface area contributed by atoms with E-state index in [9.17, 15) is 4.79 Å². The molecular weight excluding hydrogens is 368 g/mol. The van der Waals surface area contributed by atoms with Crippen LogP contribution >= 0.6 is 0 Å². The quantitative estimate of drug-likeness (QED) is 0.723. The van der Waals surface area contributed by atoms with Crippen LogP contribution in [0, 0.1) is 0 Å². The maximum atomic E-state index is 12.5. The molecule has 3 rings (SSSR count). The van der Waals surface area contributed by atoms with E-state index in [4.69, 9.17) is 14.2 Å². The van der Waals surface area contributed by atoms with Crippen molar-refractivity contribution in [1.82, 2.24) is 10.2 Å². The number of ether oxygens (including phenoxy) is 3. The number of hydrogen-bond acceptors (Lipinski definition) is 5. The van der Waals surface area contributed by atoms with E-state index in [2.05, 4.69) is 10.2 Å². The lowest BCUT2D eigenvalue weighted by Gasteiger charge is -2.48. The highest BCUT2D eigenvalue weighted by molar-refractivity contribution is 5.77. The molecular formula is C23H34N2O4. The first-order valence-electron chi connectivity index (χ1n) is 10.7. The molecule has 2 aliphatic rings. The summed E-state index contributed by atoms with van der Waals surface area (Å²) in [5.74, 6) is 1.12. The minimum absolute atomic E-state index is 0.0154. The molecule has 0 bridgehead atoms. The van der Waals surface area contributed by atoms with Crippen molar-refractivity contribution in [2.24, 2.45) is 0 Å². The van der Waals surface area contributed by atoms with Gasteiger partial charge in [0, 0.05) is 25.2 Å². The number of carbonyl (C=O) groups excluding carboxylic acids is 1. The van der Waals surface area contributed by atoms with Crippen LogP contribution in [0.4, 0.5) is 0 Å². The molecule has 0 atom stereocenters. The summed E-state index contributed by atoms with van der Waals surface area (Å²) in [6.45, 7) is 6.08. The summed E-state index contributed by atoms with van der Waals surface area (Å²) in [6.07, 6.45) is 9.96. The van der Waals surface area contributed by atoms with Gasteiger partial charge in [-0.2, -0.15) is 0 Å². The van der Waals surface area contributed by atoms with E-state index in [0.717, 1.165) is 44.7 Å². The second-order valence-corrected chi connectivity index (χ2v) is 7.86. The molecule has 1 saturated carbocycles.